The highest BCUT2D eigenvalue weighted by molar-refractivity contribution is 9.10. The predicted molar refractivity (Wildman–Crippen MR) is 65.1 cm³/mol. The van der Waals surface area contributed by atoms with Gasteiger partial charge in [0.25, 0.3) is 5.56 Å². The number of hydrogen-bond acceptors (Lipinski definition) is 3. The first-order valence-electron chi connectivity index (χ1n) is 4.50. The Morgan fingerprint density at radius 2 is 1.88 bits per heavy atom. The normalized spacial score (nSPS) is 10.1. The van der Waals surface area contributed by atoms with Crippen LogP contribution in [0.25, 0.3) is 0 Å². The minimum atomic E-state index is -0.525. The molecule has 0 radical (unpaired) electrons. The molecule has 0 atom stereocenters. The summed E-state index contributed by atoms with van der Waals surface area (Å²) in [5.74, 6) is 0. The van der Waals surface area contributed by atoms with Crippen LogP contribution in [-0.4, -0.2) is 9.97 Å². The molecule has 82 valence electrons. The van der Waals surface area contributed by atoms with E-state index in [2.05, 4.69) is 31.2 Å². The van der Waals surface area contributed by atoms with Crippen LogP contribution in [0.2, 0.25) is 0 Å². The minimum absolute atomic E-state index is 0.284. The number of rotatable bonds is 2. The molecule has 5 nitrogen and oxygen atoms in total. The van der Waals surface area contributed by atoms with Gasteiger partial charge in [-0.1, -0.05) is 12.1 Å². The van der Waals surface area contributed by atoms with Gasteiger partial charge in [-0.2, -0.15) is 0 Å². The third-order valence-electron chi connectivity index (χ3n) is 1.96. The minimum Gasteiger partial charge on any atom is -0.349 e. The first-order valence-corrected chi connectivity index (χ1v) is 5.29. The van der Waals surface area contributed by atoms with Crippen LogP contribution in [0.5, 0.6) is 0 Å². The summed E-state index contributed by atoms with van der Waals surface area (Å²) in [6.45, 7) is 0. The Morgan fingerprint density at radius 1 is 1.12 bits per heavy atom. The van der Waals surface area contributed by atoms with Gasteiger partial charge >= 0.3 is 5.69 Å². The molecule has 1 aromatic carbocycles. The molecule has 16 heavy (non-hydrogen) atoms. The van der Waals surface area contributed by atoms with Crippen molar-refractivity contribution in [2.75, 3.05) is 5.32 Å². The second-order valence-corrected chi connectivity index (χ2v) is 3.94. The zero-order valence-electron chi connectivity index (χ0n) is 8.08. The van der Waals surface area contributed by atoms with E-state index in [4.69, 9.17) is 0 Å². The van der Waals surface area contributed by atoms with Crippen molar-refractivity contribution in [1.29, 1.82) is 0 Å². The summed E-state index contributed by atoms with van der Waals surface area (Å²) in [7, 11) is 0. The molecule has 0 aliphatic carbocycles. The van der Waals surface area contributed by atoms with Gasteiger partial charge in [0.05, 0.1) is 5.69 Å². The second kappa shape index (κ2) is 4.36. The lowest BCUT2D eigenvalue weighted by molar-refractivity contribution is 1.04. The van der Waals surface area contributed by atoms with Gasteiger partial charge in [0.2, 0.25) is 0 Å². The average Bonchev–Trinajstić information content (AvgIpc) is 2.25. The lowest BCUT2D eigenvalue weighted by atomic mass is 10.3. The van der Waals surface area contributed by atoms with Crippen molar-refractivity contribution in [2.24, 2.45) is 0 Å². The summed E-state index contributed by atoms with van der Waals surface area (Å²) in [6.07, 6.45) is 1.33. The summed E-state index contributed by atoms with van der Waals surface area (Å²) in [4.78, 5) is 26.7. The quantitative estimate of drug-likeness (QED) is 0.782. The zero-order valence-corrected chi connectivity index (χ0v) is 9.67. The Labute approximate surface area is 98.7 Å². The molecule has 0 spiro atoms. The van der Waals surface area contributed by atoms with E-state index in [9.17, 15) is 9.59 Å². The van der Waals surface area contributed by atoms with E-state index in [1.54, 1.807) is 0 Å². The first-order chi connectivity index (χ1) is 7.66. The summed E-state index contributed by atoms with van der Waals surface area (Å²) in [5.41, 5.74) is 0.0497. The van der Waals surface area contributed by atoms with E-state index >= 15 is 0 Å². The number of benzene rings is 1. The van der Waals surface area contributed by atoms with Gasteiger partial charge in [-0.3, -0.25) is 9.78 Å². The summed E-state index contributed by atoms with van der Waals surface area (Å²) in [6, 6.07) is 7.37. The molecule has 0 unspecified atom stereocenters. The van der Waals surface area contributed by atoms with E-state index in [-0.39, 0.29) is 5.69 Å². The highest BCUT2D eigenvalue weighted by Crippen LogP contribution is 2.23. The predicted octanol–water partition coefficient (Wildman–Crippen LogP) is 1.57. The maximum absolute atomic E-state index is 11.4. The summed E-state index contributed by atoms with van der Waals surface area (Å²) >= 11 is 3.35. The van der Waals surface area contributed by atoms with E-state index in [0.29, 0.717) is 0 Å². The van der Waals surface area contributed by atoms with Crippen molar-refractivity contribution in [3.05, 3.63) is 55.8 Å². The first kappa shape index (κ1) is 10.7. The molecule has 0 bridgehead atoms. The van der Waals surface area contributed by atoms with Gasteiger partial charge in [-0.25, -0.2) is 4.79 Å². The number of anilines is 2. The number of hydrogen-bond donors (Lipinski definition) is 3. The molecule has 1 heterocycles. The zero-order chi connectivity index (χ0) is 11.5. The number of aromatic amines is 2. The van der Waals surface area contributed by atoms with Crippen LogP contribution in [0.1, 0.15) is 0 Å². The van der Waals surface area contributed by atoms with E-state index in [0.717, 1.165) is 10.2 Å². The molecule has 0 fully saturated rings. The van der Waals surface area contributed by atoms with E-state index in [1.165, 1.54) is 6.20 Å². The SMILES string of the molecule is O=c1[nH]cc(Nc2ccccc2Br)c(=O)[nH]1. The van der Waals surface area contributed by atoms with Crippen LogP contribution in [0.4, 0.5) is 11.4 Å². The molecule has 6 heteroatoms. The fourth-order valence-electron chi connectivity index (χ4n) is 1.21. The molecule has 2 aromatic rings. The highest BCUT2D eigenvalue weighted by atomic mass is 79.9. The smallest absolute Gasteiger partial charge is 0.325 e. The highest BCUT2D eigenvalue weighted by Gasteiger charge is 2.02. The van der Waals surface area contributed by atoms with Gasteiger partial charge in [-0.05, 0) is 28.1 Å². The standard InChI is InChI=1S/C10H8BrN3O2/c11-6-3-1-2-4-7(6)13-8-5-12-10(16)14-9(8)15/h1-5,13H,(H2,12,14,15,16). The van der Waals surface area contributed by atoms with E-state index < -0.39 is 11.2 Å². The molecule has 2 rings (SSSR count). The van der Waals surface area contributed by atoms with Gasteiger partial charge in [0.1, 0.15) is 5.69 Å². The van der Waals surface area contributed by atoms with Crippen molar-refractivity contribution < 1.29 is 0 Å². The van der Waals surface area contributed by atoms with Crippen molar-refractivity contribution in [3.63, 3.8) is 0 Å². The molecule has 0 aliphatic rings. The number of para-hydroxylation sites is 1. The topological polar surface area (TPSA) is 77.8 Å². The van der Waals surface area contributed by atoms with Crippen LogP contribution >= 0.6 is 15.9 Å². The number of aromatic nitrogens is 2. The number of halogens is 1. The van der Waals surface area contributed by atoms with Crippen LogP contribution in [-0.2, 0) is 0 Å². The van der Waals surface area contributed by atoms with Crippen molar-refractivity contribution >= 4 is 27.3 Å². The van der Waals surface area contributed by atoms with Crippen molar-refractivity contribution in [2.45, 2.75) is 0 Å². The van der Waals surface area contributed by atoms with Crippen LogP contribution in [0, 0.1) is 0 Å². The van der Waals surface area contributed by atoms with Crippen LogP contribution in [0.3, 0.4) is 0 Å². The fourth-order valence-corrected chi connectivity index (χ4v) is 1.59. The summed E-state index contributed by atoms with van der Waals surface area (Å²) in [5, 5.41) is 2.91. The molecule has 3 N–H and O–H groups in total. The molecule has 0 saturated carbocycles. The second-order valence-electron chi connectivity index (χ2n) is 3.09. The molecular formula is C10H8BrN3O2. The monoisotopic (exact) mass is 281 g/mol. The average molecular weight is 282 g/mol. The van der Waals surface area contributed by atoms with Crippen LogP contribution in [0.15, 0.2) is 44.5 Å². The van der Waals surface area contributed by atoms with Gasteiger partial charge in [-0.15, -0.1) is 0 Å². The maximum Gasteiger partial charge on any atom is 0.325 e. The molecule has 0 aliphatic heterocycles. The Hall–Kier alpha value is -1.82. The Balaban J connectivity index is 2.38. The van der Waals surface area contributed by atoms with Crippen molar-refractivity contribution in [1.82, 2.24) is 9.97 Å². The largest absolute Gasteiger partial charge is 0.349 e. The molecule has 0 amide bonds. The van der Waals surface area contributed by atoms with Gasteiger partial charge in [0.15, 0.2) is 0 Å². The lowest BCUT2D eigenvalue weighted by Crippen LogP contribution is -2.23. The van der Waals surface area contributed by atoms with Crippen molar-refractivity contribution in [3.8, 4) is 0 Å². The van der Waals surface area contributed by atoms with Gasteiger partial charge in [0, 0.05) is 10.7 Å². The third-order valence-corrected chi connectivity index (χ3v) is 2.65. The summed E-state index contributed by atoms with van der Waals surface area (Å²) < 4.78 is 0.834. The Morgan fingerprint density at radius 3 is 2.56 bits per heavy atom. The number of nitrogens with one attached hydrogen (secondary N) is 3. The fraction of sp³-hybridized carbons (Fsp3) is 0. The molecule has 1 aromatic heterocycles. The third kappa shape index (κ3) is 2.22. The number of H-pyrrole nitrogens is 2. The van der Waals surface area contributed by atoms with E-state index in [1.807, 2.05) is 24.3 Å². The Kier molecular flexibility index (Phi) is 2.91. The molecule has 0 saturated heterocycles. The van der Waals surface area contributed by atoms with Gasteiger partial charge < -0.3 is 10.3 Å². The van der Waals surface area contributed by atoms with Crippen LogP contribution < -0.4 is 16.6 Å². The Bertz CT molecular complexity index is 618. The lowest BCUT2D eigenvalue weighted by Gasteiger charge is -2.06. The molecular weight excluding hydrogens is 274 g/mol. The maximum atomic E-state index is 11.4.